The molecule has 1 aromatic heterocycles. The topological polar surface area (TPSA) is 53.5 Å². The monoisotopic (exact) mass is 471 g/mol. The minimum atomic E-state index is -2.54. The molecule has 172 valence electrons. The Hall–Kier alpha value is -2.97. The van der Waals surface area contributed by atoms with Crippen molar-refractivity contribution in [1.82, 2.24) is 14.9 Å². The van der Waals surface area contributed by atoms with Crippen molar-refractivity contribution in [3.05, 3.63) is 63.8 Å². The third-order valence-corrected chi connectivity index (χ3v) is 6.48. The van der Waals surface area contributed by atoms with E-state index < -0.39 is 6.43 Å². The second-order valence-corrected chi connectivity index (χ2v) is 8.80. The molecular weight excluding hydrogens is 448 g/mol. The van der Waals surface area contributed by atoms with Gasteiger partial charge in [0, 0.05) is 30.9 Å². The van der Waals surface area contributed by atoms with Crippen LogP contribution in [0.25, 0.3) is 0 Å². The summed E-state index contributed by atoms with van der Waals surface area (Å²) >= 11 is 6.44. The maximum atomic E-state index is 13.3. The van der Waals surface area contributed by atoms with Crippen molar-refractivity contribution in [1.29, 1.82) is 0 Å². The summed E-state index contributed by atoms with van der Waals surface area (Å²) in [5.74, 6) is 1.55. The molecule has 3 aromatic rings. The molecule has 2 aliphatic rings. The molecule has 2 aromatic carbocycles. The number of fused-ring (bicyclic) bond motifs is 2. The molecule has 0 unspecified atom stereocenters. The average Bonchev–Trinajstić information content (AvgIpc) is 3.23. The first-order valence-electron chi connectivity index (χ1n) is 10.8. The van der Waals surface area contributed by atoms with E-state index in [1.807, 2.05) is 4.90 Å². The van der Waals surface area contributed by atoms with Gasteiger partial charge in [-0.05, 0) is 54.8 Å². The third kappa shape index (κ3) is 4.20. The van der Waals surface area contributed by atoms with Crippen molar-refractivity contribution in [2.75, 3.05) is 37.5 Å². The second-order valence-electron chi connectivity index (χ2n) is 8.39. The highest BCUT2D eigenvalue weighted by atomic mass is 35.5. The summed E-state index contributed by atoms with van der Waals surface area (Å²) in [4.78, 5) is 13.1. The van der Waals surface area contributed by atoms with Gasteiger partial charge in [0.2, 0.25) is 5.95 Å². The van der Waals surface area contributed by atoms with E-state index in [9.17, 15) is 8.78 Å². The van der Waals surface area contributed by atoms with Gasteiger partial charge in [0.1, 0.15) is 10.8 Å². The summed E-state index contributed by atoms with van der Waals surface area (Å²) in [5, 5.41) is 3.62. The predicted molar refractivity (Wildman–Crippen MR) is 125 cm³/mol. The number of rotatable bonds is 5. The van der Waals surface area contributed by atoms with Crippen LogP contribution in [0.2, 0.25) is 5.02 Å². The number of methoxy groups -OCH3 is 1. The fourth-order valence-corrected chi connectivity index (χ4v) is 4.67. The summed E-state index contributed by atoms with van der Waals surface area (Å²) in [6.07, 6.45) is 0.693. The van der Waals surface area contributed by atoms with Gasteiger partial charge in [-0.15, -0.1) is 0 Å². The van der Waals surface area contributed by atoms with Gasteiger partial charge in [-0.25, -0.2) is 13.8 Å². The normalized spacial score (nSPS) is 15.5. The van der Waals surface area contributed by atoms with Crippen LogP contribution in [0.3, 0.4) is 0 Å². The molecule has 0 atom stereocenters. The number of hydrogen-bond acceptors (Lipinski definition) is 6. The van der Waals surface area contributed by atoms with E-state index in [1.165, 1.54) is 29.5 Å². The molecule has 0 saturated heterocycles. The van der Waals surface area contributed by atoms with Gasteiger partial charge < -0.3 is 19.9 Å². The zero-order valence-corrected chi connectivity index (χ0v) is 19.2. The Morgan fingerprint density at radius 3 is 2.70 bits per heavy atom. The number of nitrogens with zero attached hydrogens (tertiary/aromatic N) is 4. The van der Waals surface area contributed by atoms with Crippen molar-refractivity contribution in [3.8, 4) is 5.75 Å². The Labute approximate surface area is 196 Å². The molecule has 0 spiro atoms. The minimum Gasteiger partial charge on any atom is -0.495 e. The molecule has 9 heteroatoms. The molecule has 6 nitrogen and oxygen atoms in total. The molecule has 5 rings (SSSR count). The first kappa shape index (κ1) is 21.9. The van der Waals surface area contributed by atoms with Crippen LogP contribution in [0.5, 0.6) is 5.75 Å². The highest BCUT2D eigenvalue weighted by Gasteiger charge is 2.26. The van der Waals surface area contributed by atoms with Gasteiger partial charge in [-0.2, -0.15) is 4.98 Å². The first-order valence-corrected chi connectivity index (χ1v) is 11.2. The molecule has 2 aliphatic heterocycles. The molecule has 33 heavy (non-hydrogen) atoms. The van der Waals surface area contributed by atoms with E-state index in [1.54, 1.807) is 13.2 Å². The maximum absolute atomic E-state index is 13.3. The van der Waals surface area contributed by atoms with Crippen LogP contribution < -0.4 is 15.0 Å². The Morgan fingerprint density at radius 1 is 1.09 bits per heavy atom. The van der Waals surface area contributed by atoms with Crippen molar-refractivity contribution in [2.24, 2.45) is 0 Å². The Balaban J connectivity index is 1.48. The summed E-state index contributed by atoms with van der Waals surface area (Å²) in [6, 6.07) is 8.87. The lowest BCUT2D eigenvalue weighted by molar-refractivity contribution is 0.151. The van der Waals surface area contributed by atoms with Crippen molar-refractivity contribution >= 4 is 34.7 Å². The van der Waals surface area contributed by atoms with Gasteiger partial charge >= 0.3 is 0 Å². The number of aromatic nitrogens is 2. The van der Waals surface area contributed by atoms with Crippen molar-refractivity contribution in [2.45, 2.75) is 25.8 Å². The lowest BCUT2D eigenvalue weighted by Gasteiger charge is -2.26. The van der Waals surface area contributed by atoms with Gasteiger partial charge in [-0.3, -0.25) is 0 Å². The van der Waals surface area contributed by atoms with Crippen LogP contribution in [0, 0.1) is 0 Å². The fraction of sp³-hybridized carbons (Fsp3) is 0.333. The number of nitrogens with one attached hydrogen (secondary N) is 1. The lowest BCUT2D eigenvalue weighted by atomic mass is 9.99. The van der Waals surface area contributed by atoms with Crippen LogP contribution in [-0.4, -0.2) is 42.1 Å². The smallest absolute Gasteiger partial charge is 0.263 e. The summed E-state index contributed by atoms with van der Waals surface area (Å²) in [7, 11) is 3.74. The largest absolute Gasteiger partial charge is 0.495 e. The number of alkyl halides is 2. The van der Waals surface area contributed by atoms with Crippen LogP contribution in [0.4, 0.5) is 31.9 Å². The molecule has 0 amide bonds. The van der Waals surface area contributed by atoms with Gasteiger partial charge in [0.05, 0.1) is 19.0 Å². The summed E-state index contributed by atoms with van der Waals surface area (Å²) in [6.45, 7) is 2.47. The van der Waals surface area contributed by atoms with Crippen LogP contribution in [0.15, 0.2) is 36.5 Å². The quantitative estimate of drug-likeness (QED) is 0.530. The van der Waals surface area contributed by atoms with E-state index in [-0.39, 0.29) is 5.56 Å². The zero-order valence-electron chi connectivity index (χ0n) is 18.4. The fourth-order valence-electron chi connectivity index (χ4n) is 4.47. The molecule has 0 fully saturated rings. The number of likely N-dealkylation sites (N-methyl/N-ethyl adjacent to an activating group) is 1. The standard InChI is InChI=1S/C24H24ClF2N5O/c1-31-7-5-15-11-21(33-2)19(9-17(15)13-31)29-24-28-12-18(25)23(30-24)32-8-6-14-3-4-16(22(26)27)10-20(14)32/h3-4,9-12,22H,5-8,13H2,1-2H3,(H,28,29,30). The van der Waals surface area contributed by atoms with Crippen molar-refractivity contribution in [3.63, 3.8) is 0 Å². The Morgan fingerprint density at radius 2 is 1.91 bits per heavy atom. The maximum Gasteiger partial charge on any atom is 0.263 e. The van der Waals surface area contributed by atoms with E-state index in [0.717, 1.165) is 37.2 Å². The number of halogens is 3. The first-order chi connectivity index (χ1) is 15.9. The molecule has 0 radical (unpaired) electrons. The number of hydrogen-bond donors (Lipinski definition) is 1. The number of ether oxygens (including phenoxy) is 1. The summed E-state index contributed by atoms with van der Waals surface area (Å²) < 4.78 is 32.1. The highest BCUT2D eigenvalue weighted by Crippen LogP contribution is 2.40. The van der Waals surface area contributed by atoms with E-state index in [4.69, 9.17) is 16.3 Å². The van der Waals surface area contributed by atoms with Gasteiger partial charge in [0.25, 0.3) is 6.43 Å². The van der Waals surface area contributed by atoms with E-state index >= 15 is 0 Å². The SMILES string of the molecule is COc1cc2c(cc1Nc1ncc(Cl)c(N3CCc4ccc(C(F)F)cc43)n1)CN(C)CC2. The molecular formula is C24H24ClF2N5O. The predicted octanol–water partition coefficient (Wildman–Crippen LogP) is 5.50. The van der Waals surface area contributed by atoms with E-state index in [0.29, 0.717) is 34.8 Å². The van der Waals surface area contributed by atoms with Gasteiger partial charge in [0.15, 0.2) is 5.82 Å². The highest BCUT2D eigenvalue weighted by molar-refractivity contribution is 6.33. The Kier molecular flexibility index (Phi) is 5.80. The van der Waals surface area contributed by atoms with Crippen LogP contribution >= 0.6 is 11.6 Å². The number of anilines is 4. The lowest BCUT2D eigenvalue weighted by Crippen LogP contribution is -2.26. The number of benzene rings is 2. The molecule has 1 N–H and O–H groups in total. The van der Waals surface area contributed by atoms with Crippen LogP contribution in [-0.2, 0) is 19.4 Å². The van der Waals surface area contributed by atoms with E-state index in [2.05, 4.69) is 39.4 Å². The molecule has 0 aliphatic carbocycles. The van der Waals surface area contributed by atoms with Gasteiger partial charge in [-0.1, -0.05) is 23.7 Å². The second kappa shape index (κ2) is 8.76. The zero-order chi connectivity index (χ0) is 23.1. The molecule has 0 saturated carbocycles. The Bertz CT molecular complexity index is 1210. The molecule has 3 heterocycles. The van der Waals surface area contributed by atoms with Crippen molar-refractivity contribution < 1.29 is 13.5 Å². The third-order valence-electron chi connectivity index (χ3n) is 6.21. The van der Waals surface area contributed by atoms with Crippen LogP contribution in [0.1, 0.15) is 28.7 Å². The molecule has 0 bridgehead atoms. The minimum absolute atomic E-state index is 0.0204. The summed E-state index contributed by atoms with van der Waals surface area (Å²) in [5.41, 5.74) is 4.94. The average molecular weight is 472 g/mol.